The van der Waals surface area contributed by atoms with Gasteiger partial charge in [0.25, 0.3) is 11.8 Å². The van der Waals surface area contributed by atoms with Crippen molar-refractivity contribution in [2.45, 2.75) is 19.9 Å². The molecular weight excluding hydrogens is 420 g/mol. The molecule has 0 spiro atoms. The molecule has 7 heteroatoms. The van der Waals surface area contributed by atoms with Crippen molar-refractivity contribution >= 4 is 40.4 Å². The quantitative estimate of drug-likeness (QED) is 0.486. The molecule has 30 heavy (non-hydrogen) atoms. The van der Waals surface area contributed by atoms with Gasteiger partial charge in [0.2, 0.25) is 0 Å². The van der Waals surface area contributed by atoms with Crippen LogP contribution in [-0.2, 0) is 0 Å². The highest BCUT2D eigenvalue weighted by atomic mass is 35.5. The molecule has 1 heterocycles. The SMILES string of the molecule is COc1ccc(C(NC(=O)c2ccc(Cl)c(NC(=O)c3cccs3)c2)C(C)C)cc1. The van der Waals surface area contributed by atoms with Gasteiger partial charge in [-0.2, -0.15) is 0 Å². The maximum Gasteiger partial charge on any atom is 0.265 e. The van der Waals surface area contributed by atoms with Crippen LogP contribution in [0, 0.1) is 5.92 Å². The van der Waals surface area contributed by atoms with E-state index in [9.17, 15) is 9.59 Å². The number of hydrogen-bond acceptors (Lipinski definition) is 4. The van der Waals surface area contributed by atoms with Crippen LogP contribution in [0.5, 0.6) is 5.75 Å². The van der Waals surface area contributed by atoms with Crippen LogP contribution in [0.15, 0.2) is 60.0 Å². The lowest BCUT2D eigenvalue weighted by molar-refractivity contribution is 0.0924. The third kappa shape index (κ3) is 5.20. The average molecular weight is 443 g/mol. The Labute approximate surface area is 185 Å². The zero-order valence-corrected chi connectivity index (χ0v) is 18.5. The number of methoxy groups -OCH3 is 1. The van der Waals surface area contributed by atoms with Gasteiger partial charge in [-0.3, -0.25) is 9.59 Å². The fraction of sp³-hybridized carbons (Fsp3) is 0.217. The largest absolute Gasteiger partial charge is 0.497 e. The van der Waals surface area contributed by atoms with E-state index in [2.05, 4.69) is 10.6 Å². The lowest BCUT2D eigenvalue weighted by Crippen LogP contribution is -2.31. The molecule has 156 valence electrons. The number of rotatable bonds is 7. The van der Waals surface area contributed by atoms with E-state index >= 15 is 0 Å². The van der Waals surface area contributed by atoms with Crippen LogP contribution in [-0.4, -0.2) is 18.9 Å². The van der Waals surface area contributed by atoms with E-state index in [-0.39, 0.29) is 23.8 Å². The van der Waals surface area contributed by atoms with Crippen molar-refractivity contribution in [3.05, 3.63) is 81.0 Å². The van der Waals surface area contributed by atoms with Gasteiger partial charge in [-0.25, -0.2) is 0 Å². The molecule has 0 aliphatic rings. The minimum Gasteiger partial charge on any atom is -0.497 e. The van der Waals surface area contributed by atoms with Gasteiger partial charge in [-0.05, 0) is 53.3 Å². The minimum absolute atomic E-state index is 0.174. The summed E-state index contributed by atoms with van der Waals surface area (Å²) < 4.78 is 5.21. The van der Waals surface area contributed by atoms with Crippen molar-refractivity contribution in [1.29, 1.82) is 0 Å². The second-order valence-corrected chi connectivity index (χ2v) is 8.45. The Balaban J connectivity index is 1.78. The molecule has 1 aromatic heterocycles. The van der Waals surface area contributed by atoms with E-state index in [4.69, 9.17) is 16.3 Å². The molecular formula is C23H23ClN2O3S. The zero-order chi connectivity index (χ0) is 21.7. The van der Waals surface area contributed by atoms with Crippen LogP contribution in [0.3, 0.4) is 0 Å². The number of thiophene rings is 1. The van der Waals surface area contributed by atoms with Gasteiger partial charge in [-0.15, -0.1) is 11.3 Å². The molecule has 3 aromatic rings. The molecule has 0 aliphatic heterocycles. The first-order valence-electron chi connectivity index (χ1n) is 9.48. The highest BCUT2D eigenvalue weighted by Gasteiger charge is 2.20. The van der Waals surface area contributed by atoms with Gasteiger partial charge >= 0.3 is 0 Å². The summed E-state index contributed by atoms with van der Waals surface area (Å²) in [6.45, 7) is 4.09. The minimum atomic E-state index is -0.261. The Morgan fingerprint density at radius 1 is 1.03 bits per heavy atom. The number of carbonyl (C=O) groups excluding carboxylic acids is 2. The first-order chi connectivity index (χ1) is 14.4. The highest BCUT2D eigenvalue weighted by molar-refractivity contribution is 7.12. The second kappa shape index (κ2) is 9.78. The number of hydrogen-bond donors (Lipinski definition) is 2. The van der Waals surface area contributed by atoms with Gasteiger partial charge in [0.15, 0.2) is 0 Å². The second-order valence-electron chi connectivity index (χ2n) is 7.09. The van der Waals surface area contributed by atoms with Crippen LogP contribution >= 0.6 is 22.9 Å². The van der Waals surface area contributed by atoms with Gasteiger partial charge in [0.05, 0.1) is 28.7 Å². The number of nitrogens with one attached hydrogen (secondary N) is 2. The average Bonchev–Trinajstić information content (AvgIpc) is 3.28. The molecule has 5 nitrogen and oxygen atoms in total. The van der Waals surface area contributed by atoms with E-state index in [0.29, 0.717) is 21.2 Å². The summed E-state index contributed by atoms with van der Waals surface area (Å²) in [4.78, 5) is 25.9. The molecule has 1 unspecified atom stereocenters. The standard InChI is InChI=1S/C23H23ClN2O3S/c1-14(2)21(15-6-9-17(29-3)10-7-15)26-22(27)16-8-11-18(24)19(13-16)25-23(28)20-5-4-12-30-20/h4-14,21H,1-3H3,(H,25,28)(H,26,27). The zero-order valence-electron chi connectivity index (χ0n) is 16.9. The van der Waals surface area contributed by atoms with Gasteiger partial charge < -0.3 is 15.4 Å². The molecule has 2 aromatic carbocycles. The van der Waals surface area contributed by atoms with Gasteiger partial charge in [0, 0.05) is 5.56 Å². The lowest BCUT2D eigenvalue weighted by Gasteiger charge is -2.23. The molecule has 2 N–H and O–H groups in total. The Hall–Kier alpha value is -2.83. The maximum absolute atomic E-state index is 12.9. The van der Waals surface area contributed by atoms with Crippen molar-refractivity contribution in [3.63, 3.8) is 0 Å². The number of amides is 2. The molecule has 2 amide bonds. The summed E-state index contributed by atoms with van der Waals surface area (Å²) >= 11 is 7.57. The molecule has 0 fully saturated rings. The predicted molar refractivity (Wildman–Crippen MR) is 122 cm³/mol. The van der Waals surface area contributed by atoms with Crippen molar-refractivity contribution in [2.75, 3.05) is 12.4 Å². The maximum atomic E-state index is 12.9. The first-order valence-corrected chi connectivity index (χ1v) is 10.7. The van der Waals surface area contributed by atoms with Crippen LogP contribution < -0.4 is 15.4 Å². The summed E-state index contributed by atoms with van der Waals surface area (Å²) in [5, 5.41) is 8.05. The third-order valence-electron chi connectivity index (χ3n) is 4.65. The summed E-state index contributed by atoms with van der Waals surface area (Å²) in [6.07, 6.45) is 0. The molecule has 0 saturated carbocycles. The van der Waals surface area contributed by atoms with Crippen molar-refractivity contribution in [2.24, 2.45) is 5.92 Å². The molecule has 3 rings (SSSR count). The van der Waals surface area contributed by atoms with Crippen LogP contribution in [0.1, 0.15) is 45.5 Å². The summed E-state index contributed by atoms with van der Waals surface area (Å²) in [7, 11) is 1.62. The van der Waals surface area contributed by atoms with E-state index in [1.54, 1.807) is 37.4 Å². The first kappa shape index (κ1) is 21.9. The molecule has 1 atom stereocenters. The van der Waals surface area contributed by atoms with Crippen LogP contribution in [0.4, 0.5) is 5.69 Å². The van der Waals surface area contributed by atoms with E-state index < -0.39 is 0 Å². The summed E-state index contributed by atoms with van der Waals surface area (Å²) in [6, 6.07) is 15.8. The number of ether oxygens (including phenoxy) is 1. The Morgan fingerprint density at radius 2 is 1.77 bits per heavy atom. The van der Waals surface area contributed by atoms with Crippen LogP contribution in [0.2, 0.25) is 5.02 Å². The topological polar surface area (TPSA) is 67.4 Å². The van der Waals surface area contributed by atoms with Crippen LogP contribution in [0.25, 0.3) is 0 Å². The Bertz CT molecular complexity index is 1020. The predicted octanol–water partition coefficient (Wildman–Crippen LogP) is 5.79. The van der Waals surface area contributed by atoms with E-state index in [0.717, 1.165) is 11.3 Å². The number of carbonyl (C=O) groups is 2. The van der Waals surface area contributed by atoms with Crippen molar-refractivity contribution in [1.82, 2.24) is 5.32 Å². The number of halogens is 1. The van der Waals surface area contributed by atoms with Gasteiger partial charge in [-0.1, -0.05) is 43.6 Å². The lowest BCUT2D eigenvalue weighted by atomic mass is 9.95. The fourth-order valence-corrected chi connectivity index (χ4v) is 3.81. The summed E-state index contributed by atoms with van der Waals surface area (Å²) in [5.74, 6) is 0.430. The Morgan fingerprint density at radius 3 is 2.37 bits per heavy atom. The monoisotopic (exact) mass is 442 g/mol. The van der Waals surface area contributed by atoms with Crippen molar-refractivity contribution < 1.29 is 14.3 Å². The Kier molecular flexibility index (Phi) is 7.13. The number of benzene rings is 2. The molecule has 0 aliphatic carbocycles. The smallest absolute Gasteiger partial charge is 0.265 e. The van der Waals surface area contributed by atoms with E-state index in [1.807, 2.05) is 43.5 Å². The van der Waals surface area contributed by atoms with Crippen molar-refractivity contribution in [3.8, 4) is 5.75 Å². The third-order valence-corrected chi connectivity index (χ3v) is 5.85. The molecule has 0 saturated heterocycles. The van der Waals surface area contributed by atoms with Gasteiger partial charge in [0.1, 0.15) is 5.75 Å². The molecule has 0 bridgehead atoms. The van der Waals surface area contributed by atoms with E-state index in [1.165, 1.54) is 11.3 Å². The normalized spacial score (nSPS) is 11.8. The number of anilines is 1. The highest BCUT2D eigenvalue weighted by Crippen LogP contribution is 2.27. The molecule has 0 radical (unpaired) electrons. The summed E-state index contributed by atoms with van der Waals surface area (Å²) in [5.41, 5.74) is 1.80. The fourth-order valence-electron chi connectivity index (χ4n) is 3.02.